The van der Waals surface area contributed by atoms with Crippen LogP contribution in [-0.4, -0.2) is 24.4 Å². The van der Waals surface area contributed by atoms with E-state index in [-0.39, 0.29) is 5.75 Å². The molecular weight excluding hydrogens is 272 g/mol. The third-order valence-corrected chi connectivity index (χ3v) is 6.41. The van der Waals surface area contributed by atoms with Gasteiger partial charge in [-0.15, -0.1) is 0 Å². The van der Waals surface area contributed by atoms with Crippen LogP contribution < -0.4 is 5.73 Å². The summed E-state index contributed by atoms with van der Waals surface area (Å²) in [4.78, 5) is 4.10. The van der Waals surface area contributed by atoms with Crippen LogP contribution in [0.5, 0.6) is 0 Å². The molecule has 3 rings (SSSR count). The van der Waals surface area contributed by atoms with Gasteiger partial charge >= 0.3 is 0 Å². The van der Waals surface area contributed by atoms with Crippen LogP contribution in [0.3, 0.4) is 0 Å². The van der Waals surface area contributed by atoms with Crippen molar-refractivity contribution >= 4 is 20.6 Å². The zero-order valence-corrected chi connectivity index (χ0v) is 12.0. The Kier molecular flexibility index (Phi) is 3.48. The number of pyridine rings is 1. The molecule has 2 unspecified atom stereocenters. The number of sulfone groups is 1. The summed E-state index contributed by atoms with van der Waals surface area (Å²) in [7, 11) is -3.08. The fourth-order valence-electron chi connectivity index (χ4n) is 3.02. The molecule has 106 valence electrons. The molecule has 5 heteroatoms. The van der Waals surface area contributed by atoms with Crippen LogP contribution in [0.25, 0.3) is 10.8 Å². The predicted molar refractivity (Wildman–Crippen MR) is 80.1 cm³/mol. The van der Waals surface area contributed by atoms with Crippen LogP contribution in [0.2, 0.25) is 0 Å². The molecule has 1 aliphatic rings. The normalized spacial score (nSPS) is 23.6. The zero-order valence-electron chi connectivity index (χ0n) is 11.2. The SMILES string of the molecule is NC(c1cccc2cnccc12)C1CCCCS1(=O)=O. The van der Waals surface area contributed by atoms with E-state index in [4.69, 9.17) is 5.73 Å². The van der Waals surface area contributed by atoms with Crippen LogP contribution in [0, 0.1) is 0 Å². The molecule has 2 heterocycles. The summed E-state index contributed by atoms with van der Waals surface area (Å²) < 4.78 is 24.5. The van der Waals surface area contributed by atoms with Gasteiger partial charge in [0.25, 0.3) is 0 Å². The molecule has 1 saturated heterocycles. The number of hydrogen-bond donors (Lipinski definition) is 1. The third-order valence-electron chi connectivity index (χ3n) is 4.10. The van der Waals surface area contributed by atoms with Gasteiger partial charge in [0.2, 0.25) is 0 Å². The van der Waals surface area contributed by atoms with Crippen LogP contribution in [0.1, 0.15) is 30.9 Å². The number of hydrogen-bond acceptors (Lipinski definition) is 4. The summed E-state index contributed by atoms with van der Waals surface area (Å²) in [5.74, 6) is 0.262. The van der Waals surface area contributed by atoms with E-state index in [1.165, 1.54) is 0 Å². The first-order valence-corrected chi connectivity index (χ1v) is 8.61. The fraction of sp³-hybridized carbons (Fsp3) is 0.400. The molecule has 2 aromatic rings. The highest BCUT2D eigenvalue weighted by atomic mass is 32.2. The van der Waals surface area contributed by atoms with Crippen LogP contribution in [-0.2, 0) is 9.84 Å². The fourth-order valence-corrected chi connectivity index (χ4v) is 5.05. The highest BCUT2D eigenvalue weighted by molar-refractivity contribution is 7.92. The molecule has 0 saturated carbocycles. The molecule has 1 aliphatic heterocycles. The van der Waals surface area contributed by atoms with Crippen molar-refractivity contribution < 1.29 is 8.42 Å². The maximum atomic E-state index is 12.2. The Morgan fingerprint density at radius 3 is 2.90 bits per heavy atom. The van der Waals surface area contributed by atoms with Crippen molar-refractivity contribution in [1.82, 2.24) is 4.98 Å². The summed E-state index contributed by atoms with van der Waals surface area (Å²) in [6, 6.07) is 7.24. The van der Waals surface area contributed by atoms with Crippen molar-refractivity contribution in [2.75, 3.05) is 5.75 Å². The quantitative estimate of drug-likeness (QED) is 0.920. The van der Waals surface area contributed by atoms with Crippen molar-refractivity contribution in [2.24, 2.45) is 5.73 Å². The van der Waals surface area contributed by atoms with E-state index in [0.717, 1.165) is 29.2 Å². The smallest absolute Gasteiger partial charge is 0.155 e. The van der Waals surface area contributed by atoms with Gasteiger partial charge in [0.15, 0.2) is 9.84 Å². The lowest BCUT2D eigenvalue weighted by atomic mass is 9.96. The molecule has 1 fully saturated rings. The van der Waals surface area contributed by atoms with E-state index in [9.17, 15) is 8.42 Å². The lowest BCUT2D eigenvalue weighted by molar-refractivity contribution is 0.506. The number of aromatic nitrogens is 1. The van der Waals surface area contributed by atoms with Gasteiger partial charge in [-0.05, 0) is 29.9 Å². The highest BCUT2D eigenvalue weighted by Crippen LogP contribution is 2.32. The molecule has 20 heavy (non-hydrogen) atoms. The van der Waals surface area contributed by atoms with Gasteiger partial charge < -0.3 is 5.73 Å². The largest absolute Gasteiger partial charge is 0.323 e. The standard InChI is InChI=1S/C15H18N2O2S/c16-15(14-6-1-2-9-20(14,18)19)13-5-3-4-11-10-17-8-7-12(11)13/h3-5,7-8,10,14-15H,1-2,6,9,16H2. The van der Waals surface area contributed by atoms with Crippen molar-refractivity contribution in [3.05, 3.63) is 42.2 Å². The van der Waals surface area contributed by atoms with Gasteiger partial charge in [0.05, 0.1) is 11.0 Å². The number of fused-ring (bicyclic) bond motifs is 1. The number of nitrogens with zero attached hydrogens (tertiary/aromatic N) is 1. The first-order valence-electron chi connectivity index (χ1n) is 6.89. The average Bonchev–Trinajstić information content (AvgIpc) is 2.45. The number of rotatable bonds is 2. The first-order chi connectivity index (χ1) is 9.59. The molecule has 0 radical (unpaired) electrons. The topological polar surface area (TPSA) is 73.0 Å². The summed E-state index contributed by atoms with van der Waals surface area (Å²) >= 11 is 0. The van der Waals surface area contributed by atoms with E-state index < -0.39 is 21.1 Å². The predicted octanol–water partition coefficient (Wildman–Crippen LogP) is 2.20. The molecule has 4 nitrogen and oxygen atoms in total. The highest BCUT2D eigenvalue weighted by Gasteiger charge is 2.34. The molecule has 0 amide bonds. The number of nitrogens with two attached hydrogens (primary N) is 1. The van der Waals surface area contributed by atoms with Crippen molar-refractivity contribution in [3.8, 4) is 0 Å². The Morgan fingerprint density at radius 2 is 2.10 bits per heavy atom. The molecule has 1 aromatic heterocycles. The zero-order chi connectivity index (χ0) is 14.2. The van der Waals surface area contributed by atoms with Gasteiger partial charge in [0, 0.05) is 23.8 Å². The molecular formula is C15H18N2O2S. The lowest BCUT2D eigenvalue weighted by Gasteiger charge is -2.28. The number of benzene rings is 1. The minimum Gasteiger partial charge on any atom is -0.323 e. The second-order valence-electron chi connectivity index (χ2n) is 5.37. The van der Waals surface area contributed by atoms with E-state index >= 15 is 0 Å². The van der Waals surface area contributed by atoms with E-state index in [2.05, 4.69) is 4.98 Å². The van der Waals surface area contributed by atoms with Crippen molar-refractivity contribution in [1.29, 1.82) is 0 Å². The Balaban J connectivity index is 2.06. The molecule has 2 atom stereocenters. The minimum absolute atomic E-state index is 0.262. The maximum Gasteiger partial charge on any atom is 0.155 e. The van der Waals surface area contributed by atoms with Gasteiger partial charge in [-0.2, -0.15) is 0 Å². The monoisotopic (exact) mass is 290 g/mol. The summed E-state index contributed by atoms with van der Waals surface area (Å²) in [6.45, 7) is 0. The Bertz CT molecular complexity index is 722. The van der Waals surface area contributed by atoms with E-state index in [0.29, 0.717) is 6.42 Å². The van der Waals surface area contributed by atoms with Crippen molar-refractivity contribution in [2.45, 2.75) is 30.6 Å². The molecule has 1 aromatic carbocycles. The minimum atomic E-state index is -3.08. The molecule has 2 N–H and O–H groups in total. The average molecular weight is 290 g/mol. The third kappa shape index (κ3) is 2.31. The molecule has 0 bridgehead atoms. The summed E-state index contributed by atoms with van der Waals surface area (Å²) in [6.07, 6.45) is 5.84. The summed E-state index contributed by atoms with van der Waals surface area (Å²) in [5.41, 5.74) is 7.21. The second-order valence-corrected chi connectivity index (χ2v) is 7.71. The van der Waals surface area contributed by atoms with Gasteiger partial charge in [-0.25, -0.2) is 8.42 Å². The summed E-state index contributed by atoms with van der Waals surface area (Å²) in [5, 5.41) is 1.53. The Morgan fingerprint density at radius 1 is 1.25 bits per heavy atom. The van der Waals surface area contributed by atoms with Gasteiger partial charge in [0.1, 0.15) is 0 Å². The van der Waals surface area contributed by atoms with Crippen LogP contribution >= 0.6 is 0 Å². The molecule has 0 aliphatic carbocycles. The molecule has 0 spiro atoms. The Hall–Kier alpha value is -1.46. The Labute approximate surface area is 118 Å². The second kappa shape index (κ2) is 5.14. The van der Waals surface area contributed by atoms with Crippen molar-refractivity contribution in [3.63, 3.8) is 0 Å². The maximum absolute atomic E-state index is 12.2. The van der Waals surface area contributed by atoms with Gasteiger partial charge in [-0.1, -0.05) is 24.6 Å². The van der Waals surface area contributed by atoms with E-state index in [1.807, 2.05) is 24.3 Å². The van der Waals surface area contributed by atoms with Crippen LogP contribution in [0.15, 0.2) is 36.7 Å². The van der Waals surface area contributed by atoms with Gasteiger partial charge in [-0.3, -0.25) is 4.98 Å². The van der Waals surface area contributed by atoms with Crippen LogP contribution in [0.4, 0.5) is 0 Å². The lowest BCUT2D eigenvalue weighted by Crippen LogP contribution is -2.37. The first kappa shape index (κ1) is 13.5. The van der Waals surface area contributed by atoms with E-state index in [1.54, 1.807) is 12.4 Å².